The minimum Gasteiger partial charge on any atom is -0.406 e. The van der Waals surface area contributed by atoms with Crippen LogP contribution < -0.4 is 4.74 Å². The normalized spacial score (nSPS) is 13.0. The molecule has 1 aromatic carbocycles. The average Bonchev–Trinajstić information content (AvgIpc) is 2.23. The number of halogens is 3. The van der Waals surface area contributed by atoms with Crippen molar-refractivity contribution in [3.8, 4) is 5.75 Å². The monoisotopic (exact) mass is 317 g/mol. The van der Waals surface area contributed by atoms with Gasteiger partial charge in [0.25, 0.3) is 5.91 Å². The molecule has 0 aliphatic heterocycles. The zero-order valence-electron chi connectivity index (χ0n) is 13.7. The highest BCUT2D eigenvalue weighted by Crippen LogP contribution is 2.28. The van der Waals surface area contributed by atoms with Crippen molar-refractivity contribution in [2.75, 3.05) is 0 Å². The fourth-order valence-corrected chi connectivity index (χ4v) is 2.54. The summed E-state index contributed by atoms with van der Waals surface area (Å²) in [6.45, 7) is 11.5. The van der Waals surface area contributed by atoms with Crippen molar-refractivity contribution in [3.05, 3.63) is 29.8 Å². The number of amides is 1. The second kappa shape index (κ2) is 5.82. The Kier molecular flexibility index (Phi) is 4.85. The number of hydrogen-bond donors (Lipinski definition) is 0. The summed E-state index contributed by atoms with van der Waals surface area (Å²) in [5.41, 5.74) is -0.521. The maximum Gasteiger partial charge on any atom is 0.573 e. The quantitative estimate of drug-likeness (QED) is 0.796. The zero-order valence-corrected chi connectivity index (χ0v) is 13.7. The Morgan fingerprint density at radius 3 is 1.64 bits per heavy atom. The maximum atomic E-state index is 12.7. The molecule has 0 saturated heterocycles. The summed E-state index contributed by atoms with van der Waals surface area (Å²) in [7, 11) is 0. The highest BCUT2D eigenvalue weighted by atomic mass is 19.4. The Morgan fingerprint density at radius 1 is 0.909 bits per heavy atom. The number of benzene rings is 1. The van der Waals surface area contributed by atoms with Crippen molar-refractivity contribution >= 4 is 5.91 Å². The molecule has 3 nitrogen and oxygen atoms in total. The van der Waals surface area contributed by atoms with Crippen molar-refractivity contribution in [1.29, 1.82) is 0 Å². The Balaban J connectivity index is 3.07. The Bertz CT molecular complexity index is 508. The van der Waals surface area contributed by atoms with Crippen LogP contribution in [-0.4, -0.2) is 28.2 Å². The smallest absolute Gasteiger partial charge is 0.406 e. The van der Waals surface area contributed by atoms with Crippen molar-refractivity contribution in [3.63, 3.8) is 0 Å². The predicted octanol–water partition coefficient (Wildman–Crippen LogP) is 4.62. The van der Waals surface area contributed by atoms with Crippen LogP contribution in [0, 0.1) is 0 Å². The lowest BCUT2D eigenvalue weighted by Crippen LogP contribution is -2.55. The van der Waals surface area contributed by atoms with Crippen LogP contribution in [0.3, 0.4) is 0 Å². The third-order valence-corrected chi connectivity index (χ3v) is 2.88. The highest BCUT2D eigenvalue weighted by molar-refractivity contribution is 5.95. The standard InChI is InChI=1S/C16H22F3NO2/c1-14(2,3)20(15(4,5)6)13(21)11-7-9-12(10-8-11)22-16(17,18)19/h7-10H,1-6H3. The molecule has 22 heavy (non-hydrogen) atoms. The third-order valence-electron chi connectivity index (χ3n) is 2.88. The molecule has 124 valence electrons. The van der Waals surface area contributed by atoms with Gasteiger partial charge in [0.05, 0.1) is 0 Å². The first kappa shape index (κ1) is 18.3. The van der Waals surface area contributed by atoms with Crippen LogP contribution in [-0.2, 0) is 0 Å². The van der Waals surface area contributed by atoms with E-state index in [-0.39, 0.29) is 11.7 Å². The lowest BCUT2D eigenvalue weighted by molar-refractivity contribution is -0.274. The molecule has 1 rings (SSSR count). The first-order valence-corrected chi connectivity index (χ1v) is 6.92. The van der Waals surface area contributed by atoms with Gasteiger partial charge in [-0.1, -0.05) is 0 Å². The molecule has 0 spiro atoms. The number of rotatable bonds is 2. The van der Waals surface area contributed by atoms with E-state index in [0.717, 1.165) is 12.1 Å². The topological polar surface area (TPSA) is 29.5 Å². The van der Waals surface area contributed by atoms with Crippen LogP contribution in [0.15, 0.2) is 24.3 Å². The van der Waals surface area contributed by atoms with Gasteiger partial charge in [-0.25, -0.2) is 0 Å². The van der Waals surface area contributed by atoms with Gasteiger partial charge in [-0.2, -0.15) is 0 Å². The number of alkyl halides is 3. The molecule has 0 unspecified atom stereocenters. The number of carbonyl (C=O) groups is 1. The fourth-order valence-electron chi connectivity index (χ4n) is 2.54. The molecule has 0 fully saturated rings. The van der Waals surface area contributed by atoms with Gasteiger partial charge in [0.1, 0.15) is 5.75 Å². The number of hydrogen-bond acceptors (Lipinski definition) is 2. The van der Waals surface area contributed by atoms with E-state index in [1.54, 1.807) is 4.90 Å². The molecule has 0 saturated carbocycles. The van der Waals surface area contributed by atoms with Crippen LogP contribution in [0.4, 0.5) is 13.2 Å². The summed E-state index contributed by atoms with van der Waals surface area (Å²) in [6.07, 6.45) is -4.74. The van der Waals surface area contributed by atoms with Crippen LogP contribution in [0.25, 0.3) is 0 Å². The van der Waals surface area contributed by atoms with E-state index in [1.807, 2.05) is 41.5 Å². The lowest BCUT2D eigenvalue weighted by Gasteiger charge is -2.45. The van der Waals surface area contributed by atoms with E-state index >= 15 is 0 Å². The second-order valence-electron chi connectivity index (χ2n) is 7.05. The van der Waals surface area contributed by atoms with Crippen LogP contribution >= 0.6 is 0 Å². The van der Waals surface area contributed by atoms with E-state index < -0.39 is 17.4 Å². The molecule has 1 aromatic rings. The van der Waals surface area contributed by atoms with Crippen molar-refractivity contribution in [1.82, 2.24) is 4.90 Å². The molecular weight excluding hydrogens is 295 g/mol. The summed E-state index contributed by atoms with van der Waals surface area (Å²) >= 11 is 0. The predicted molar refractivity (Wildman–Crippen MR) is 78.8 cm³/mol. The summed E-state index contributed by atoms with van der Waals surface area (Å²) < 4.78 is 40.2. The molecule has 0 bridgehead atoms. The van der Waals surface area contributed by atoms with Gasteiger partial charge in [-0.15, -0.1) is 13.2 Å². The van der Waals surface area contributed by atoms with E-state index in [0.29, 0.717) is 5.56 Å². The second-order valence-corrected chi connectivity index (χ2v) is 7.05. The largest absolute Gasteiger partial charge is 0.573 e. The van der Waals surface area contributed by atoms with E-state index in [4.69, 9.17) is 0 Å². The van der Waals surface area contributed by atoms with Crippen LogP contribution in [0.5, 0.6) is 5.75 Å². The van der Waals surface area contributed by atoms with E-state index in [2.05, 4.69) is 4.74 Å². The molecular formula is C16H22F3NO2. The minimum atomic E-state index is -4.74. The molecule has 0 radical (unpaired) electrons. The number of ether oxygens (including phenoxy) is 1. The third kappa shape index (κ3) is 4.93. The van der Waals surface area contributed by atoms with E-state index in [9.17, 15) is 18.0 Å². The Labute approximate surface area is 129 Å². The molecule has 0 aromatic heterocycles. The zero-order chi connectivity index (χ0) is 17.3. The Morgan fingerprint density at radius 2 is 1.32 bits per heavy atom. The van der Waals surface area contributed by atoms with Crippen LogP contribution in [0.1, 0.15) is 51.9 Å². The summed E-state index contributed by atoms with van der Waals surface area (Å²) in [4.78, 5) is 14.4. The summed E-state index contributed by atoms with van der Waals surface area (Å²) in [6, 6.07) is 4.97. The molecule has 0 atom stereocenters. The van der Waals surface area contributed by atoms with Gasteiger partial charge in [0.2, 0.25) is 0 Å². The summed E-state index contributed by atoms with van der Waals surface area (Å²) in [5.74, 6) is -0.583. The number of nitrogens with zero attached hydrogens (tertiary/aromatic N) is 1. The SMILES string of the molecule is CC(C)(C)N(C(=O)c1ccc(OC(F)(F)F)cc1)C(C)(C)C. The Hall–Kier alpha value is -1.72. The minimum absolute atomic E-state index is 0.237. The highest BCUT2D eigenvalue weighted by Gasteiger charge is 2.36. The van der Waals surface area contributed by atoms with Gasteiger partial charge < -0.3 is 9.64 Å². The van der Waals surface area contributed by atoms with Gasteiger partial charge >= 0.3 is 6.36 Å². The number of carbonyl (C=O) groups excluding carboxylic acids is 1. The lowest BCUT2D eigenvalue weighted by atomic mass is 9.94. The van der Waals surface area contributed by atoms with E-state index in [1.165, 1.54) is 12.1 Å². The van der Waals surface area contributed by atoms with Crippen molar-refractivity contribution in [2.24, 2.45) is 0 Å². The van der Waals surface area contributed by atoms with Gasteiger partial charge in [0.15, 0.2) is 0 Å². The maximum absolute atomic E-state index is 12.7. The molecule has 0 aliphatic rings. The van der Waals surface area contributed by atoms with Gasteiger partial charge in [-0.3, -0.25) is 4.79 Å². The van der Waals surface area contributed by atoms with Gasteiger partial charge in [0, 0.05) is 16.6 Å². The van der Waals surface area contributed by atoms with Crippen molar-refractivity contribution in [2.45, 2.75) is 59.0 Å². The molecule has 1 amide bonds. The first-order valence-electron chi connectivity index (χ1n) is 6.92. The first-order chi connectivity index (χ1) is 9.72. The average molecular weight is 317 g/mol. The molecule has 0 N–H and O–H groups in total. The van der Waals surface area contributed by atoms with Crippen LogP contribution in [0.2, 0.25) is 0 Å². The molecule has 6 heteroatoms. The molecule has 0 aliphatic carbocycles. The fraction of sp³-hybridized carbons (Fsp3) is 0.562. The van der Waals surface area contributed by atoms with Gasteiger partial charge in [-0.05, 0) is 65.8 Å². The van der Waals surface area contributed by atoms with Crippen molar-refractivity contribution < 1.29 is 22.7 Å². The molecule has 0 heterocycles. The summed E-state index contributed by atoms with van der Waals surface area (Å²) in [5, 5.41) is 0.